The fraction of sp³-hybridized carbons (Fsp3) is 0.364. The molecule has 2 aromatic carbocycles. The van der Waals surface area contributed by atoms with Crippen LogP contribution in [0.25, 0.3) is 11.4 Å². The first kappa shape index (κ1) is 20.4. The van der Waals surface area contributed by atoms with Crippen LogP contribution in [0, 0.1) is 20.8 Å². The third kappa shape index (κ3) is 4.75. The molecule has 0 saturated carbocycles. The molecule has 0 aliphatic heterocycles. The van der Waals surface area contributed by atoms with E-state index in [-0.39, 0.29) is 6.61 Å². The van der Waals surface area contributed by atoms with Gasteiger partial charge in [-0.25, -0.2) is 0 Å². The maximum absolute atomic E-state index is 10.4. The van der Waals surface area contributed by atoms with Crippen molar-refractivity contribution < 1.29 is 9.84 Å². The SMILES string of the molecule is CCn1c(SCC(O)COc2c(C)cccc2C)nnc1-c1cccc(C)c1. The Morgan fingerprint density at radius 1 is 1.07 bits per heavy atom. The zero-order valence-corrected chi connectivity index (χ0v) is 17.7. The highest BCUT2D eigenvalue weighted by atomic mass is 32.2. The van der Waals surface area contributed by atoms with Crippen molar-refractivity contribution in [2.24, 2.45) is 0 Å². The van der Waals surface area contributed by atoms with Crippen molar-refractivity contribution in [2.75, 3.05) is 12.4 Å². The molecule has 0 amide bonds. The van der Waals surface area contributed by atoms with Crippen LogP contribution in [0.4, 0.5) is 0 Å². The summed E-state index contributed by atoms with van der Waals surface area (Å²) in [7, 11) is 0. The topological polar surface area (TPSA) is 60.2 Å². The highest BCUT2D eigenvalue weighted by Crippen LogP contribution is 2.26. The lowest BCUT2D eigenvalue weighted by atomic mass is 10.1. The fourth-order valence-electron chi connectivity index (χ4n) is 3.10. The van der Waals surface area contributed by atoms with Gasteiger partial charge in [0, 0.05) is 17.9 Å². The zero-order chi connectivity index (χ0) is 20.1. The maximum Gasteiger partial charge on any atom is 0.191 e. The largest absolute Gasteiger partial charge is 0.490 e. The monoisotopic (exact) mass is 397 g/mol. The fourth-order valence-corrected chi connectivity index (χ4v) is 4.01. The van der Waals surface area contributed by atoms with Crippen LogP contribution in [0.1, 0.15) is 23.6 Å². The highest BCUT2D eigenvalue weighted by Gasteiger charge is 2.16. The molecule has 1 N–H and O–H groups in total. The van der Waals surface area contributed by atoms with Crippen molar-refractivity contribution >= 4 is 11.8 Å². The standard InChI is InChI=1S/C22H27N3O2S/c1-5-25-21(18-11-6-8-15(2)12-18)23-24-22(25)28-14-19(26)13-27-20-16(3)9-7-10-17(20)4/h6-12,19,26H,5,13-14H2,1-4H3. The van der Waals surface area contributed by atoms with Gasteiger partial charge in [0.2, 0.25) is 0 Å². The van der Waals surface area contributed by atoms with Crippen molar-refractivity contribution in [2.45, 2.75) is 45.5 Å². The Morgan fingerprint density at radius 2 is 1.79 bits per heavy atom. The van der Waals surface area contributed by atoms with Gasteiger partial charge in [-0.15, -0.1) is 10.2 Å². The summed E-state index contributed by atoms with van der Waals surface area (Å²) < 4.78 is 7.94. The van der Waals surface area contributed by atoms with Gasteiger partial charge in [-0.3, -0.25) is 0 Å². The number of hydrogen-bond donors (Lipinski definition) is 1. The number of aliphatic hydroxyl groups excluding tert-OH is 1. The van der Waals surface area contributed by atoms with Gasteiger partial charge in [-0.05, 0) is 44.9 Å². The number of para-hydroxylation sites is 1. The molecule has 3 aromatic rings. The van der Waals surface area contributed by atoms with E-state index >= 15 is 0 Å². The summed E-state index contributed by atoms with van der Waals surface area (Å²) in [5.41, 5.74) is 4.40. The molecule has 1 heterocycles. The predicted octanol–water partition coefficient (Wildman–Crippen LogP) is 4.42. The molecule has 1 aromatic heterocycles. The van der Waals surface area contributed by atoms with Crippen LogP contribution < -0.4 is 4.74 Å². The molecule has 1 unspecified atom stereocenters. The quantitative estimate of drug-likeness (QED) is 0.570. The number of rotatable bonds is 8. The van der Waals surface area contributed by atoms with Crippen LogP contribution in [0.5, 0.6) is 5.75 Å². The molecule has 148 valence electrons. The second-order valence-electron chi connectivity index (χ2n) is 6.92. The minimum atomic E-state index is -0.589. The van der Waals surface area contributed by atoms with Crippen molar-refractivity contribution in [1.82, 2.24) is 14.8 Å². The van der Waals surface area contributed by atoms with Crippen molar-refractivity contribution in [3.8, 4) is 17.1 Å². The molecular weight excluding hydrogens is 370 g/mol. The number of thioether (sulfide) groups is 1. The minimum Gasteiger partial charge on any atom is -0.490 e. The number of benzene rings is 2. The predicted molar refractivity (Wildman–Crippen MR) is 114 cm³/mol. The molecule has 0 fully saturated rings. The minimum absolute atomic E-state index is 0.254. The van der Waals surface area contributed by atoms with Crippen LogP contribution in [0.3, 0.4) is 0 Å². The number of aryl methyl sites for hydroxylation is 3. The van der Waals surface area contributed by atoms with E-state index in [4.69, 9.17) is 4.74 Å². The van der Waals surface area contributed by atoms with Gasteiger partial charge in [0.15, 0.2) is 11.0 Å². The average molecular weight is 398 g/mol. The summed E-state index contributed by atoms with van der Waals surface area (Å²) in [6.45, 7) is 9.20. The number of aromatic nitrogens is 3. The third-order valence-electron chi connectivity index (χ3n) is 4.54. The molecule has 6 heteroatoms. The Morgan fingerprint density at radius 3 is 2.46 bits per heavy atom. The molecule has 0 radical (unpaired) electrons. The molecule has 0 saturated heterocycles. The maximum atomic E-state index is 10.4. The normalized spacial score (nSPS) is 12.2. The highest BCUT2D eigenvalue weighted by molar-refractivity contribution is 7.99. The van der Waals surface area contributed by atoms with Crippen molar-refractivity contribution in [3.63, 3.8) is 0 Å². The van der Waals surface area contributed by atoms with Gasteiger partial charge in [-0.2, -0.15) is 0 Å². The lowest BCUT2D eigenvalue weighted by Gasteiger charge is -2.15. The first-order valence-electron chi connectivity index (χ1n) is 9.49. The van der Waals surface area contributed by atoms with Gasteiger partial charge in [0.25, 0.3) is 0 Å². The van der Waals surface area contributed by atoms with E-state index in [0.29, 0.717) is 5.75 Å². The van der Waals surface area contributed by atoms with E-state index in [0.717, 1.165) is 40.0 Å². The summed E-state index contributed by atoms with van der Waals surface area (Å²) in [6.07, 6.45) is -0.589. The van der Waals surface area contributed by atoms with Gasteiger partial charge in [0.05, 0.1) is 6.10 Å². The van der Waals surface area contributed by atoms with E-state index in [2.05, 4.69) is 40.7 Å². The third-order valence-corrected chi connectivity index (χ3v) is 5.65. The zero-order valence-electron chi connectivity index (χ0n) is 16.8. The first-order chi connectivity index (χ1) is 13.5. The van der Waals surface area contributed by atoms with E-state index in [1.165, 1.54) is 17.3 Å². The summed E-state index contributed by atoms with van der Waals surface area (Å²) in [5.74, 6) is 2.21. The average Bonchev–Trinajstić information content (AvgIpc) is 3.09. The van der Waals surface area contributed by atoms with Crippen molar-refractivity contribution in [1.29, 1.82) is 0 Å². The van der Waals surface area contributed by atoms with Gasteiger partial charge in [0.1, 0.15) is 12.4 Å². The molecule has 3 rings (SSSR count). The molecule has 1 atom stereocenters. The summed E-state index contributed by atoms with van der Waals surface area (Å²) in [6, 6.07) is 14.3. The number of ether oxygens (including phenoxy) is 1. The molecule has 0 spiro atoms. The van der Waals surface area contributed by atoms with Crippen LogP contribution in [-0.4, -0.2) is 38.3 Å². The van der Waals surface area contributed by atoms with Crippen LogP contribution in [-0.2, 0) is 6.54 Å². The van der Waals surface area contributed by atoms with E-state index < -0.39 is 6.10 Å². The van der Waals surface area contributed by atoms with E-state index in [1.807, 2.05) is 44.2 Å². The van der Waals surface area contributed by atoms with Crippen molar-refractivity contribution in [3.05, 3.63) is 59.2 Å². The van der Waals surface area contributed by atoms with Gasteiger partial charge in [-0.1, -0.05) is 53.7 Å². The van der Waals surface area contributed by atoms with E-state index in [9.17, 15) is 5.11 Å². The van der Waals surface area contributed by atoms with Crippen LogP contribution in [0.2, 0.25) is 0 Å². The molecule has 28 heavy (non-hydrogen) atoms. The first-order valence-corrected chi connectivity index (χ1v) is 10.5. The summed E-state index contributed by atoms with van der Waals surface area (Å²) in [4.78, 5) is 0. The van der Waals surface area contributed by atoms with Crippen LogP contribution >= 0.6 is 11.8 Å². The van der Waals surface area contributed by atoms with E-state index in [1.54, 1.807) is 0 Å². The smallest absolute Gasteiger partial charge is 0.191 e. The van der Waals surface area contributed by atoms with Gasteiger partial charge < -0.3 is 14.4 Å². The molecule has 5 nitrogen and oxygen atoms in total. The number of hydrogen-bond acceptors (Lipinski definition) is 5. The Balaban J connectivity index is 1.63. The Labute approximate surface area is 170 Å². The Kier molecular flexibility index (Phi) is 6.75. The summed E-state index contributed by atoms with van der Waals surface area (Å²) in [5, 5.41) is 19.9. The molecule has 0 aliphatic rings. The van der Waals surface area contributed by atoms with Gasteiger partial charge >= 0.3 is 0 Å². The molecule has 0 bridgehead atoms. The Hall–Kier alpha value is -2.31. The molecular formula is C22H27N3O2S. The van der Waals surface area contributed by atoms with Crippen LogP contribution in [0.15, 0.2) is 47.6 Å². The summed E-state index contributed by atoms with van der Waals surface area (Å²) >= 11 is 1.50. The Bertz CT molecular complexity index is 919. The second-order valence-corrected chi connectivity index (χ2v) is 7.90. The number of nitrogens with zero attached hydrogens (tertiary/aromatic N) is 3. The second kappa shape index (κ2) is 9.26. The lowest BCUT2D eigenvalue weighted by Crippen LogP contribution is -2.21. The molecule has 0 aliphatic carbocycles. The number of aliphatic hydroxyl groups is 1. The lowest BCUT2D eigenvalue weighted by molar-refractivity contribution is 0.125.